The molecule has 0 aliphatic rings. The highest BCUT2D eigenvalue weighted by Crippen LogP contribution is 2.23. The Bertz CT molecular complexity index is 364. The highest BCUT2D eigenvalue weighted by atomic mass is 32.1. The third kappa shape index (κ3) is 5.33. The Labute approximate surface area is 120 Å². The van der Waals surface area contributed by atoms with Crippen LogP contribution in [0.15, 0.2) is 17.5 Å². The molecule has 2 N–H and O–H groups in total. The van der Waals surface area contributed by atoms with Crippen molar-refractivity contribution in [1.82, 2.24) is 10.6 Å². The maximum Gasteiger partial charge on any atom is 0.237 e. The summed E-state index contributed by atoms with van der Waals surface area (Å²) < 4.78 is 0. The standard InChI is InChI=1S/C15H26N2OS/c1-5-8-13(14-9-7-10-19-14)17-12(4)15(18)16-11(3)6-2/h7,9-13,17H,5-6,8H2,1-4H3,(H,16,18). The van der Waals surface area contributed by atoms with Crippen molar-refractivity contribution in [3.8, 4) is 0 Å². The molecule has 3 unspecified atom stereocenters. The van der Waals surface area contributed by atoms with Crippen molar-refractivity contribution in [1.29, 1.82) is 0 Å². The van der Waals surface area contributed by atoms with Crippen molar-refractivity contribution in [3.05, 3.63) is 22.4 Å². The molecular formula is C15H26N2OS. The van der Waals surface area contributed by atoms with E-state index in [4.69, 9.17) is 0 Å². The van der Waals surface area contributed by atoms with Gasteiger partial charge in [0.1, 0.15) is 0 Å². The van der Waals surface area contributed by atoms with E-state index in [9.17, 15) is 4.79 Å². The number of nitrogens with one attached hydrogen (secondary N) is 2. The van der Waals surface area contributed by atoms with Crippen LogP contribution in [0.1, 0.15) is 57.9 Å². The fourth-order valence-corrected chi connectivity index (χ4v) is 2.75. The monoisotopic (exact) mass is 282 g/mol. The summed E-state index contributed by atoms with van der Waals surface area (Å²) >= 11 is 1.75. The zero-order chi connectivity index (χ0) is 14.3. The molecule has 1 heterocycles. The van der Waals surface area contributed by atoms with Gasteiger partial charge in [-0.2, -0.15) is 0 Å². The number of hydrogen-bond donors (Lipinski definition) is 2. The van der Waals surface area contributed by atoms with E-state index in [2.05, 4.69) is 42.0 Å². The molecule has 0 saturated carbocycles. The highest BCUT2D eigenvalue weighted by molar-refractivity contribution is 7.10. The third-order valence-corrected chi connectivity index (χ3v) is 4.30. The number of hydrogen-bond acceptors (Lipinski definition) is 3. The molecule has 1 amide bonds. The van der Waals surface area contributed by atoms with Crippen molar-refractivity contribution < 1.29 is 4.79 Å². The Morgan fingerprint density at radius 3 is 2.63 bits per heavy atom. The number of amides is 1. The number of thiophene rings is 1. The van der Waals surface area contributed by atoms with Crippen LogP contribution in [0.4, 0.5) is 0 Å². The Morgan fingerprint density at radius 1 is 1.37 bits per heavy atom. The molecule has 3 atom stereocenters. The molecule has 1 aromatic heterocycles. The molecule has 1 rings (SSSR count). The van der Waals surface area contributed by atoms with Crippen molar-refractivity contribution in [2.45, 2.75) is 65.1 Å². The van der Waals surface area contributed by atoms with Gasteiger partial charge in [-0.05, 0) is 38.1 Å². The van der Waals surface area contributed by atoms with Crippen LogP contribution in [0.3, 0.4) is 0 Å². The highest BCUT2D eigenvalue weighted by Gasteiger charge is 2.19. The van der Waals surface area contributed by atoms with Gasteiger partial charge in [-0.25, -0.2) is 0 Å². The van der Waals surface area contributed by atoms with Crippen LogP contribution in [0.5, 0.6) is 0 Å². The molecule has 0 saturated heterocycles. The van der Waals surface area contributed by atoms with Gasteiger partial charge in [0.25, 0.3) is 0 Å². The quantitative estimate of drug-likeness (QED) is 0.766. The van der Waals surface area contributed by atoms with Crippen LogP contribution < -0.4 is 10.6 Å². The van der Waals surface area contributed by atoms with Crippen LogP contribution in [-0.4, -0.2) is 18.0 Å². The van der Waals surface area contributed by atoms with Crippen molar-refractivity contribution in [2.75, 3.05) is 0 Å². The molecule has 0 aromatic carbocycles. The van der Waals surface area contributed by atoms with Gasteiger partial charge >= 0.3 is 0 Å². The fraction of sp³-hybridized carbons (Fsp3) is 0.667. The third-order valence-electron chi connectivity index (χ3n) is 3.31. The van der Waals surface area contributed by atoms with Crippen LogP contribution >= 0.6 is 11.3 Å². The lowest BCUT2D eigenvalue weighted by Gasteiger charge is -2.23. The fourth-order valence-electron chi connectivity index (χ4n) is 1.93. The predicted molar refractivity (Wildman–Crippen MR) is 82.5 cm³/mol. The molecule has 0 aliphatic heterocycles. The Morgan fingerprint density at radius 2 is 2.11 bits per heavy atom. The Hall–Kier alpha value is -0.870. The minimum absolute atomic E-state index is 0.0898. The topological polar surface area (TPSA) is 41.1 Å². The van der Waals surface area contributed by atoms with Gasteiger partial charge in [0.2, 0.25) is 5.91 Å². The van der Waals surface area contributed by atoms with E-state index in [1.165, 1.54) is 4.88 Å². The normalized spacial score (nSPS) is 15.8. The average Bonchev–Trinajstić information content (AvgIpc) is 2.91. The van der Waals surface area contributed by atoms with Crippen molar-refractivity contribution in [3.63, 3.8) is 0 Å². The second-order valence-corrected chi connectivity index (χ2v) is 6.04. The molecule has 0 aliphatic carbocycles. The molecule has 3 nitrogen and oxygen atoms in total. The molecule has 1 aromatic rings. The van der Waals surface area contributed by atoms with Gasteiger partial charge in [-0.15, -0.1) is 11.3 Å². The Balaban J connectivity index is 2.56. The summed E-state index contributed by atoms with van der Waals surface area (Å²) in [4.78, 5) is 13.4. The van der Waals surface area contributed by atoms with Crippen LogP contribution in [0.2, 0.25) is 0 Å². The zero-order valence-corrected chi connectivity index (χ0v) is 13.2. The molecule has 0 bridgehead atoms. The van der Waals surface area contributed by atoms with E-state index < -0.39 is 0 Å². The number of carbonyl (C=O) groups excluding carboxylic acids is 1. The summed E-state index contributed by atoms with van der Waals surface area (Å²) in [6.45, 7) is 8.22. The van der Waals surface area contributed by atoms with Gasteiger partial charge in [0.15, 0.2) is 0 Å². The second kappa shape index (κ2) is 8.33. The number of carbonyl (C=O) groups is 1. The first-order chi connectivity index (χ1) is 9.08. The molecular weight excluding hydrogens is 256 g/mol. The van der Waals surface area contributed by atoms with Gasteiger partial charge in [-0.1, -0.05) is 26.3 Å². The van der Waals surface area contributed by atoms with E-state index in [0.29, 0.717) is 0 Å². The van der Waals surface area contributed by atoms with Gasteiger partial charge in [0.05, 0.1) is 6.04 Å². The van der Waals surface area contributed by atoms with E-state index in [1.54, 1.807) is 11.3 Å². The lowest BCUT2D eigenvalue weighted by Crippen LogP contribution is -2.46. The largest absolute Gasteiger partial charge is 0.352 e. The minimum Gasteiger partial charge on any atom is -0.352 e. The number of rotatable bonds is 8. The first-order valence-electron chi connectivity index (χ1n) is 7.18. The molecule has 0 fully saturated rings. The maximum atomic E-state index is 12.1. The Kier molecular flexibility index (Phi) is 7.10. The summed E-state index contributed by atoms with van der Waals surface area (Å²) in [5, 5.41) is 8.56. The minimum atomic E-state index is -0.160. The summed E-state index contributed by atoms with van der Waals surface area (Å²) in [5.41, 5.74) is 0. The van der Waals surface area contributed by atoms with E-state index in [1.807, 2.05) is 13.8 Å². The summed E-state index contributed by atoms with van der Waals surface area (Å²) in [5.74, 6) is 0.0898. The molecule has 4 heteroatoms. The second-order valence-electron chi connectivity index (χ2n) is 5.06. The maximum absolute atomic E-state index is 12.1. The van der Waals surface area contributed by atoms with Gasteiger partial charge < -0.3 is 5.32 Å². The van der Waals surface area contributed by atoms with Crippen LogP contribution in [0, 0.1) is 0 Å². The van der Waals surface area contributed by atoms with E-state index in [-0.39, 0.29) is 24.0 Å². The first-order valence-corrected chi connectivity index (χ1v) is 8.06. The van der Waals surface area contributed by atoms with Crippen LogP contribution in [0.25, 0.3) is 0 Å². The van der Waals surface area contributed by atoms with E-state index >= 15 is 0 Å². The summed E-state index contributed by atoms with van der Waals surface area (Å²) in [7, 11) is 0. The first kappa shape index (κ1) is 16.2. The lowest BCUT2D eigenvalue weighted by atomic mass is 10.1. The van der Waals surface area contributed by atoms with Crippen LogP contribution in [-0.2, 0) is 4.79 Å². The SMILES string of the molecule is CCCC(NC(C)C(=O)NC(C)CC)c1cccs1. The van der Waals surface area contributed by atoms with Crippen molar-refractivity contribution >= 4 is 17.2 Å². The molecule has 0 spiro atoms. The molecule has 108 valence electrons. The van der Waals surface area contributed by atoms with E-state index in [0.717, 1.165) is 19.3 Å². The predicted octanol–water partition coefficient (Wildman–Crippen LogP) is 3.48. The smallest absolute Gasteiger partial charge is 0.237 e. The summed E-state index contributed by atoms with van der Waals surface area (Å²) in [6.07, 6.45) is 3.12. The molecule has 19 heavy (non-hydrogen) atoms. The average molecular weight is 282 g/mol. The molecule has 0 radical (unpaired) electrons. The summed E-state index contributed by atoms with van der Waals surface area (Å²) in [6, 6.07) is 4.56. The lowest BCUT2D eigenvalue weighted by molar-refractivity contribution is -0.123. The van der Waals surface area contributed by atoms with Gasteiger partial charge in [-0.3, -0.25) is 10.1 Å². The zero-order valence-electron chi connectivity index (χ0n) is 12.4. The van der Waals surface area contributed by atoms with Crippen molar-refractivity contribution in [2.24, 2.45) is 0 Å². The van der Waals surface area contributed by atoms with Gasteiger partial charge in [0, 0.05) is 17.0 Å².